The van der Waals surface area contributed by atoms with E-state index in [9.17, 15) is 14.7 Å². The molecule has 0 aromatic heterocycles. The second kappa shape index (κ2) is 5.44. The smallest absolute Gasteiger partial charge is 0.308 e. The number of allylic oxidation sites excluding steroid dienone is 4. The van der Waals surface area contributed by atoms with Gasteiger partial charge in [0.05, 0.1) is 11.8 Å². The predicted octanol–water partition coefficient (Wildman–Crippen LogP) is 3.09. The average Bonchev–Trinajstić information content (AvgIpc) is 3.03. The summed E-state index contributed by atoms with van der Waals surface area (Å²) in [6, 6.07) is 9.16. The molecule has 0 aliphatic heterocycles. The van der Waals surface area contributed by atoms with Gasteiger partial charge in [-0.1, -0.05) is 41.5 Å². The number of carbonyl (C=O) groups excluding carboxylic acids is 1. The van der Waals surface area contributed by atoms with E-state index in [1.54, 1.807) is 12.1 Å². The molecule has 4 heteroatoms. The Hall–Kier alpha value is -2.36. The summed E-state index contributed by atoms with van der Waals surface area (Å²) in [4.78, 5) is 24.3. The number of nitrogens with one attached hydrogen (secondary N) is 1. The maximum absolute atomic E-state index is 12.7. The average molecular weight is 297 g/mol. The zero-order valence-corrected chi connectivity index (χ0v) is 12.6. The normalized spacial score (nSPS) is 28.7. The van der Waals surface area contributed by atoms with Crippen molar-refractivity contribution in [1.82, 2.24) is 0 Å². The zero-order valence-electron chi connectivity index (χ0n) is 12.6. The summed E-state index contributed by atoms with van der Waals surface area (Å²) in [6.07, 6.45) is 3.93. The largest absolute Gasteiger partial charge is 0.481 e. The van der Waals surface area contributed by atoms with E-state index in [1.165, 1.54) is 0 Å². The number of hydrogen-bond donors (Lipinski definition) is 2. The van der Waals surface area contributed by atoms with E-state index in [4.69, 9.17) is 0 Å². The topological polar surface area (TPSA) is 66.4 Å². The van der Waals surface area contributed by atoms with Crippen molar-refractivity contribution >= 4 is 17.6 Å². The molecule has 1 saturated carbocycles. The third kappa shape index (κ3) is 2.25. The maximum Gasteiger partial charge on any atom is 0.308 e. The van der Waals surface area contributed by atoms with Gasteiger partial charge in [-0.2, -0.15) is 0 Å². The van der Waals surface area contributed by atoms with Crippen LogP contribution in [-0.4, -0.2) is 17.0 Å². The van der Waals surface area contributed by atoms with Crippen LogP contribution in [0.15, 0.2) is 53.6 Å². The molecule has 3 rings (SSSR count). The summed E-state index contributed by atoms with van der Waals surface area (Å²) in [7, 11) is 0. The van der Waals surface area contributed by atoms with E-state index < -0.39 is 17.8 Å². The van der Waals surface area contributed by atoms with Crippen LogP contribution >= 0.6 is 0 Å². The lowest BCUT2D eigenvalue weighted by Gasteiger charge is -2.23. The van der Waals surface area contributed by atoms with Crippen molar-refractivity contribution in [3.8, 4) is 0 Å². The van der Waals surface area contributed by atoms with E-state index >= 15 is 0 Å². The Balaban J connectivity index is 1.92. The minimum atomic E-state index is -0.899. The number of amides is 1. The fraction of sp³-hybridized carbons (Fsp3) is 0.333. The standard InChI is InChI=1S/C18H19NO3/c1-10(2)14-12-8-9-13(14)16(18(21)22)15(12)17(20)19-11-6-4-3-5-7-11/h3-9,12-13,15-16H,1-2H3,(H,19,20)(H,21,22)/t12-,13-,15+,16-/m0/s1. The summed E-state index contributed by atoms with van der Waals surface area (Å²) in [6.45, 7) is 3.97. The third-order valence-corrected chi connectivity index (χ3v) is 4.61. The lowest BCUT2D eigenvalue weighted by molar-refractivity contribution is -0.146. The molecule has 0 heterocycles. The van der Waals surface area contributed by atoms with Crippen LogP contribution in [0.5, 0.6) is 0 Å². The third-order valence-electron chi connectivity index (χ3n) is 4.61. The SMILES string of the molecule is CC(C)=C1[C@@H]2C=C[C@@H]1[C@@H](C(=O)Nc1ccccc1)[C@H]2C(=O)O. The van der Waals surface area contributed by atoms with E-state index in [2.05, 4.69) is 5.32 Å². The molecule has 0 spiro atoms. The second-order valence-electron chi connectivity index (χ2n) is 6.14. The first-order valence-corrected chi connectivity index (χ1v) is 7.45. The number of carboxylic acids is 1. The number of carbonyl (C=O) groups is 2. The quantitative estimate of drug-likeness (QED) is 0.843. The molecule has 2 aliphatic rings. The number of benzene rings is 1. The van der Waals surface area contributed by atoms with Gasteiger partial charge in [0.15, 0.2) is 0 Å². The molecule has 4 atom stereocenters. The van der Waals surface area contributed by atoms with Crippen LogP contribution < -0.4 is 5.32 Å². The summed E-state index contributed by atoms with van der Waals surface area (Å²) < 4.78 is 0. The number of para-hydroxylation sites is 1. The molecule has 4 nitrogen and oxygen atoms in total. The molecule has 2 N–H and O–H groups in total. The minimum absolute atomic E-state index is 0.0974. The predicted molar refractivity (Wildman–Crippen MR) is 84.2 cm³/mol. The maximum atomic E-state index is 12.7. The molecule has 114 valence electrons. The number of carboxylic acid groups (broad SMARTS) is 1. The van der Waals surface area contributed by atoms with Crippen LogP contribution in [0.4, 0.5) is 5.69 Å². The van der Waals surface area contributed by atoms with Gasteiger partial charge in [0.1, 0.15) is 0 Å². The molecule has 0 saturated heterocycles. The molecule has 1 fully saturated rings. The van der Waals surface area contributed by atoms with Crippen LogP contribution in [0.2, 0.25) is 0 Å². The van der Waals surface area contributed by atoms with Crippen molar-refractivity contribution in [1.29, 1.82) is 0 Å². The van der Waals surface area contributed by atoms with Crippen LogP contribution in [0, 0.1) is 23.7 Å². The highest BCUT2D eigenvalue weighted by Gasteiger charge is 2.54. The van der Waals surface area contributed by atoms with Crippen LogP contribution in [0.1, 0.15) is 13.8 Å². The van der Waals surface area contributed by atoms with Gasteiger partial charge in [-0.25, -0.2) is 0 Å². The van der Waals surface area contributed by atoms with Crippen molar-refractivity contribution in [3.05, 3.63) is 53.6 Å². The van der Waals surface area contributed by atoms with Crippen molar-refractivity contribution in [2.24, 2.45) is 23.7 Å². The lowest BCUT2D eigenvalue weighted by atomic mass is 9.82. The first-order chi connectivity index (χ1) is 10.5. The highest BCUT2D eigenvalue weighted by atomic mass is 16.4. The molecular formula is C18H19NO3. The van der Waals surface area contributed by atoms with Crippen molar-refractivity contribution in [3.63, 3.8) is 0 Å². The van der Waals surface area contributed by atoms with Gasteiger partial charge in [-0.05, 0) is 26.0 Å². The van der Waals surface area contributed by atoms with Crippen molar-refractivity contribution < 1.29 is 14.7 Å². The fourth-order valence-corrected chi connectivity index (χ4v) is 3.79. The van der Waals surface area contributed by atoms with Gasteiger partial charge in [-0.3, -0.25) is 9.59 Å². The Morgan fingerprint density at radius 1 is 1.00 bits per heavy atom. The van der Waals surface area contributed by atoms with Crippen LogP contribution in [0.25, 0.3) is 0 Å². The second-order valence-corrected chi connectivity index (χ2v) is 6.14. The van der Waals surface area contributed by atoms with Crippen molar-refractivity contribution in [2.75, 3.05) is 5.32 Å². The minimum Gasteiger partial charge on any atom is -0.481 e. The van der Waals surface area contributed by atoms with Crippen LogP contribution in [-0.2, 0) is 9.59 Å². The van der Waals surface area contributed by atoms with Crippen molar-refractivity contribution in [2.45, 2.75) is 13.8 Å². The number of anilines is 1. The molecule has 1 aromatic rings. The van der Waals surface area contributed by atoms with Gasteiger partial charge < -0.3 is 10.4 Å². The van der Waals surface area contributed by atoms with E-state index in [-0.39, 0.29) is 17.7 Å². The van der Waals surface area contributed by atoms with E-state index in [0.717, 1.165) is 11.1 Å². The number of aliphatic carboxylic acids is 1. The van der Waals surface area contributed by atoms with Gasteiger partial charge in [0.25, 0.3) is 0 Å². The lowest BCUT2D eigenvalue weighted by Crippen LogP contribution is -2.36. The van der Waals surface area contributed by atoms with E-state index in [0.29, 0.717) is 5.69 Å². The molecule has 22 heavy (non-hydrogen) atoms. The highest BCUT2D eigenvalue weighted by molar-refractivity contribution is 5.97. The molecule has 2 bridgehead atoms. The molecule has 1 amide bonds. The monoisotopic (exact) mass is 297 g/mol. The summed E-state index contributed by atoms with van der Waals surface area (Å²) >= 11 is 0. The first-order valence-electron chi connectivity index (χ1n) is 7.45. The Labute approximate surface area is 129 Å². The summed E-state index contributed by atoms with van der Waals surface area (Å²) in [5.74, 6) is -2.59. The van der Waals surface area contributed by atoms with Gasteiger partial charge >= 0.3 is 5.97 Å². The molecule has 0 unspecified atom stereocenters. The highest BCUT2D eigenvalue weighted by Crippen LogP contribution is 2.53. The van der Waals surface area contributed by atoms with Gasteiger partial charge in [-0.15, -0.1) is 0 Å². The Bertz CT molecular complexity index is 671. The molecule has 0 radical (unpaired) electrons. The molecule has 1 aromatic carbocycles. The van der Waals surface area contributed by atoms with Crippen LogP contribution in [0.3, 0.4) is 0 Å². The van der Waals surface area contributed by atoms with E-state index in [1.807, 2.05) is 44.2 Å². The Morgan fingerprint density at radius 2 is 1.59 bits per heavy atom. The Morgan fingerprint density at radius 3 is 2.14 bits per heavy atom. The first kappa shape index (κ1) is 14.6. The Kier molecular flexibility index (Phi) is 3.61. The zero-order chi connectivity index (χ0) is 15.9. The number of hydrogen-bond acceptors (Lipinski definition) is 2. The number of rotatable bonds is 3. The fourth-order valence-electron chi connectivity index (χ4n) is 3.79. The molecular weight excluding hydrogens is 278 g/mol. The van der Waals surface area contributed by atoms with Gasteiger partial charge in [0, 0.05) is 17.5 Å². The molecule has 2 aliphatic carbocycles. The summed E-state index contributed by atoms with van der Waals surface area (Å²) in [5.41, 5.74) is 2.91. The van der Waals surface area contributed by atoms with Gasteiger partial charge in [0.2, 0.25) is 5.91 Å². The number of fused-ring (bicyclic) bond motifs is 2. The summed E-state index contributed by atoms with van der Waals surface area (Å²) in [5, 5.41) is 12.4.